The molecule has 0 aliphatic carbocycles. The molecule has 1 atom stereocenters. The minimum absolute atomic E-state index is 0.0343. The van der Waals surface area contributed by atoms with Crippen LogP contribution < -0.4 is 11.1 Å². The molecule has 0 saturated heterocycles. The van der Waals surface area contributed by atoms with Crippen molar-refractivity contribution in [1.29, 1.82) is 0 Å². The van der Waals surface area contributed by atoms with Gasteiger partial charge < -0.3 is 15.8 Å². The van der Waals surface area contributed by atoms with Crippen LogP contribution in [0.4, 0.5) is 13.2 Å². The molecule has 3 N–H and O–H groups in total. The molecule has 9 heteroatoms. The number of carbonyl (C=O) groups is 2. The van der Waals surface area contributed by atoms with Crippen LogP contribution in [0.1, 0.15) is 23.6 Å². The van der Waals surface area contributed by atoms with Crippen molar-refractivity contribution in [3.8, 4) is 0 Å². The highest BCUT2D eigenvalue weighted by atomic mass is 35.5. The van der Waals surface area contributed by atoms with Crippen molar-refractivity contribution in [2.45, 2.75) is 18.6 Å². The Morgan fingerprint density at radius 3 is 2.50 bits per heavy atom. The summed E-state index contributed by atoms with van der Waals surface area (Å²) in [6, 6.07) is 1.78. The second-order valence-corrected chi connectivity index (χ2v) is 4.81. The molecular formula is C13H14ClF3N2O3. The summed E-state index contributed by atoms with van der Waals surface area (Å²) in [5.74, 6) is -1.32. The lowest BCUT2D eigenvalue weighted by Gasteiger charge is -2.19. The van der Waals surface area contributed by atoms with Gasteiger partial charge in [0.25, 0.3) is 0 Å². The van der Waals surface area contributed by atoms with E-state index >= 15 is 0 Å². The van der Waals surface area contributed by atoms with Gasteiger partial charge in [0.05, 0.1) is 31.7 Å². The predicted molar refractivity (Wildman–Crippen MR) is 73.0 cm³/mol. The lowest BCUT2D eigenvalue weighted by molar-refractivity contribution is -0.141. The number of hydrogen-bond donors (Lipinski definition) is 2. The van der Waals surface area contributed by atoms with Crippen molar-refractivity contribution >= 4 is 23.5 Å². The number of amides is 1. The number of alkyl halides is 3. The van der Waals surface area contributed by atoms with Crippen LogP contribution in [0.3, 0.4) is 0 Å². The van der Waals surface area contributed by atoms with Gasteiger partial charge >= 0.3 is 12.1 Å². The van der Waals surface area contributed by atoms with Crippen molar-refractivity contribution in [2.75, 3.05) is 13.7 Å². The van der Waals surface area contributed by atoms with Crippen molar-refractivity contribution in [2.24, 2.45) is 5.73 Å². The van der Waals surface area contributed by atoms with E-state index in [1.165, 1.54) is 6.07 Å². The first-order valence-corrected chi connectivity index (χ1v) is 6.49. The van der Waals surface area contributed by atoms with Crippen molar-refractivity contribution in [3.05, 3.63) is 34.3 Å². The standard InChI is InChI=1S/C13H14ClF3N2O3/c1-22-12(21)5-10(19-11(20)6-18)7-2-8(13(15,16)17)4-9(14)3-7/h2-4,10H,5-6,18H2,1H3,(H,19,20)/t10-/m0/s1. The Hall–Kier alpha value is -1.80. The number of nitrogens with two attached hydrogens (primary N) is 1. The van der Waals surface area contributed by atoms with Gasteiger partial charge in [0, 0.05) is 5.02 Å². The van der Waals surface area contributed by atoms with E-state index in [1.807, 2.05) is 0 Å². The first-order valence-electron chi connectivity index (χ1n) is 6.11. The lowest BCUT2D eigenvalue weighted by atomic mass is 10.0. The summed E-state index contributed by atoms with van der Waals surface area (Å²) in [6.07, 6.45) is -4.95. The minimum Gasteiger partial charge on any atom is -0.469 e. The third-order valence-corrected chi connectivity index (χ3v) is 2.99. The van der Waals surface area contributed by atoms with Crippen molar-refractivity contribution < 1.29 is 27.5 Å². The molecule has 0 aliphatic heterocycles. The summed E-state index contributed by atoms with van der Waals surface area (Å²) in [6.45, 7) is -0.371. The van der Waals surface area contributed by atoms with Crippen LogP contribution in [-0.2, 0) is 20.5 Å². The van der Waals surface area contributed by atoms with Gasteiger partial charge in [0.15, 0.2) is 0 Å². The number of carbonyl (C=O) groups excluding carboxylic acids is 2. The molecule has 22 heavy (non-hydrogen) atoms. The summed E-state index contributed by atoms with van der Waals surface area (Å²) < 4.78 is 42.9. The zero-order valence-corrected chi connectivity index (χ0v) is 12.3. The number of nitrogens with one attached hydrogen (secondary N) is 1. The minimum atomic E-state index is -4.60. The Bertz CT molecular complexity index is 546. The average Bonchev–Trinajstić information content (AvgIpc) is 2.44. The number of halogens is 4. The SMILES string of the molecule is COC(=O)C[C@H](NC(=O)CN)c1cc(Cl)cc(C(F)(F)F)c1. The zero-order chi connectivity index (χ0) is 16.9. The predicted octanol–water partition coefficient (Wildman–Crippen LogP) is 2.04. The Labute approximate surface area is 129 Å². The summed E-state index contributed by atoms with van der Waals surface area (Å²) >= 11 is 5.69. The monoisotopic (exact) mass is 338 g/mol. The van der Waals surface area contributed by atoms with E-state index in [0.717, 1.165) is 19.2 Å². The molecule has 0 radical (unpaired) electrons. The lowest BCUT2D eigenvalue weighted by Crippen LogP contribution is -2.35. The topological polar surface area (TPSA) is 81.4 Å². The van der Waals surface area contributed by atoms with Gasteiger partial charge in [-0.15, -0.1) is 0 Å². The highest BCUT2D eigenvalue weighted by molar-refractivity contribution is 6.30. The van der Waals surface area contributed by atoms with Gasteiger partial charge in [0.1, 0.15) is 0 Å². The first kappa shape index (κ1) is 18.2. The molecule has 5 nitrogen and oxygen atoms in total. The highest BCUT2D eigenvalue weighted by Gasteiger charge is 2.32. The smallest absolute Gasteiger partial charge is 0.416 e. The normalized spacial score (nSPS) is 12.6. The Kier molecular flexibility index (Phi) is 6.19. The maximum Gasteiger partial charge on any atom is 0.416 e. The molecular weight excluding hydrogens is 325 g/mol. The Morgan fingerprint density at radius 2 is 2.00 bits per heavy atom. The molecule has 1 aromatic carbocycles. The van der Waals surface area contributed by atoms with E-state index in [1.54, 1.807) is 0 Å². The maximum absolute atomic E-state index is 12.8. The van der Waals surface area contributed by atoms with Gasteiger partial charge in [-0.25, -0.2) is 0 Å². The molecule has 0 unspecified atom stereocenters. The molecule has 0 fully saturated rings. The summed E-state index contributed by atoms with van der Waals surface area (Å²) in [4.78, 5) is 22.8. The van der Waals surface area contributed by atoms with Crippen molar-refractivity contribution in [3.63, 3.8) is 0 Å². The van der Waals surface area contributed by atoms with Gasteiger partial charge in [-0.2, -0.15) is 13.2 Å². The third kappa shape index (κ3) is 5.19. The number of ether oxygens (including phenoxy) is 1. The van der Waals surface area contributed by atoms with Gasteiger partial charge in [-0.3, -0.25) is 9.59 Å². The molecule has 0 aromatic heterocycles. The Balaban J connectivity index is 3.20. The van der Waals surface area contributed by atoms with E-state index in [0.29, 0.717) is 0 Å². The van der Waals surface area contributed by atoms with E-state index in [9.17, 15) is 22.8 Å². The fourth-order valence-electron chi connectivity index (χ4n) is 1.73. The van der Waals surface area contributed by atoms with E-state index in [-0.39, 0.29) is 23.6 Å². The van der Waals surface area contributed by atoms with Crippen LogP contribution in [0.5, 0.6) is 0 Å². The summed E-state index contributed by atoms with van der Waals surface area (Å²) in [5, 5.41) is 2.20. The number of esters is 1. The molecule has 0 heterocycles. The second kappa shape index (κ2) is 7.46. The van der Waals surface area contributed by atoms with Crippen LogP contribution in [0, 0.1) is 0 Å². The fraction of sp³-hybridized carbons (Fsp3) is 0.385. The quantitative estimate of drug-likeness (QED) is 0.805. The molecule has 1 aromatic rings. The average molecular weight is 339 g/mol. The number of methoxy groups -OCH3 is 1. The highest BCUT2D eigenvalue weighted by Crippen LogP contribution is 2.33. The molecule has 0 spiro atoms. The van der Waals surface area contributed by atoms with Crippen LogP contribution in [0.25, 0.3) is 0 Å². The van der Waals surface area contributed by atoms with Crippen LogP contribution >= 0.6 is 11.6 Å². The van der Waals surface area contributed by atoms with E-state index in [4.69, 9.17) is 17.3 Å². The largest absolute Gasteiger partial charge is 0.469 e. The zero-order valence-electron chi connectivity index (χ0n) is 11.5. The van der Waals surface area contributed by atoms with Crippen molar-refractivity contribution in [1.82, 2.24) is 5.32 Å². The van der Waals surface area contributed by atoms with Crippen LogP contribution in [0.2, 0.25) is 5.02 Å². The Morgan fingerprint density at radius 1 is 1.36 bits per heavy atom. The van der Waals surface area contributed by atoms with Gasteiger partial charge in [0.2, 0.25) is 5.91 Å². The van der Waals surface area contributed by atoms with Crippen LogP contribution in [-0.4, -0.2) is 25.5 Å². The van der Waals surface area contributed by atoms with E-state index < -0.39 is 29.7 Å². The number of benzene rings is 1. The molecule has 1 rings (SSSR count). The molecule has 0 bridgehead atoms. The number of rotatable bonds is 5. The number of hydrogen-bond acceptors (Lipinski definition) is 4. The molecule has 122 valence electrons. The molecule has 0 aliphatic rings. The molecule has 1 amide bonds. The van der Waals surface area contributed by atoms with Crippen LogP contribution in [0.15, 0.2) is 18.2 Å². The second-order valence-electron chi connectivity index (χ2n) is 4.38. The summed E-state index contributed by atoms with van der Waals surface area (Å²) in [7, 11) is 1.13. The maximum atomic E-state index is 12.8. The first-order chi connectivity index (χ1) is 10.2. The van der Waals surface area contributed by atoms with E-state index in [2.05, 4.69) is 10.1 Å². The summed E-state index contributed by atoms with van der Waals surface area (Å²) in [5.41, 5.74) is 4.21. The van der Waals surface area contributed by atoms with Gasteiger partial charge in [-0.05, 0) is 23.8 Å². The van der Waals surface area contributed by atoms with Gasteiger partial charge in [-0.1, -0.05) is 11.6 Å². The fourth-order valence-corrected chi connectivity index (χ4v) is 1.98. The molecule has 0 saturated carbocycles. The third-order valence-electron chi connectivity index (χ3n) is 2.77.